The largest absolute Gasteiger partial charge is 0.480 e. The predicted molar refractivity (Wildman–Crippen MR) is 76.2 cm³/mol. The summed E-state index contributed by atoms with van der Waals surface area (Å²) in [5, 5.41) is 9.06. The van der Waals surface area contributed by atoms with Crippen LogP contribution in [0.5, 0.6) is 0 Å². The number of para-hydroxylation sites is 1. The molecule has 2 aromatic rings. The summed E-state index contributed by atoms with van der Waals surface area (Å²) in [5.41, 5.74) is 0.852. The third kappa shape index (κ3) is 3.38. The third-order valence-corrected chi connectivity index (χ3v) is 3.29. The maximum atomic E-state index is 11.0. The molecule has 0 saturated heterocycles. The van der Waals surface area contributed by atoms with Gasteiger partial charge >= 0.3 is 5.97 Å². The van der Waals surface area contributed by atoms with Crippen LogP contribution in [0.15, 0.2) is 51.6 Å². The number of rotatable bonds is 5. The fourth-order valence-electron chi connectivity index (χ4n) is 1.92. The quantitative estimate of drug-likeness (QED) is 0.911. The van der Waals surface area contributed by atoms with Crippen molar-refractivity contribution in [2.24, 2.45) is 0 Å². The first-order valence-electron chi connectivity index (χ1n) is 5.86. The molecule has 0 spiro atoms. The van der Waals surface area contributed by atoms with E-state index in [9.17, 15) is 4.79 Å². The van der Waals surface area contributed by atoms with Crippen molar-refractivity contribution in [2.45, 2.75) is 13.0 Å². The second-order valence-electron chi connectivity index (χ2n) is 4.18. The van der Waals surface area contributed by atoms with Gasteiger partial charge in [0.25, 0.3) is 0 Å². The number of carboxylic acids is 1. The normalized spacial score (nSPS) is 12.1. The predicted octanol–water partition coefficient (Wildman–Crippen LogP) is 3.69. The van der Waals surface area contributed by atoms with E-state index in [-0.39, 0.29) is 12.6 Å². The zero-order valence-electron chi connectivity index (χ0n) is 10.4. The highest BCUT2D eigenvalue weighted by molar-refractivity contribution is 9.10. The molecule has 0 fully saturated rings. The van der Waals surface area contributed by atoms with E-state index >= 15 is 0 Å². The van der Waals surface area contributed by atoms with Crippen LogP contribution in [0.2, 0.25) is 0 Å². The lowest BCUT2D eigenvalue weighted by molar-refractivity contribution is -0.135. The van der Waals surface area contributed by atoms with Gasteiger partial charge in [0.1, 0.15) is 12.3 Å². The highest BCUT2D eigenvalue weighted by Gasteiger charge is 2.21. The zero-order chi connectivity index (χ0) is 13.8. The first-order valence-corrected chi connectivity index (χ1v) is 6.66. The fourth-order valence-corrected chi connectivity index (χ4v) is 2.24. The van der Waals surface area contributed by atoms with E-state index in [0.29, 0.717) is 4.67 Å². The maximum Gasteiger partial charge on any atom is 0.323 e. The number of furan rings is 1. The van der Waals surface area contributed by atoms with Crippen molar-refractivity contribution < 1.29 is 14.3 Å². The first kappa shape index (κ1) is 13.7. The van der Waals surface area contributed by atoms with Crippen molar-refractivity contribution in [3.63, 3.8) is 0 Å². The highest BCUT2D eigenvalue weighted by Crippen LogP contribution is 2.29. The molecule has 1 unspecified atom stereocenters. The van der Waals surface area contributed by atoms with Gasteiger partial charge < -0.3 is 14.4 Å². The molecule has 0 bridgehead atoms. The molecule has 1 aromatic heterocycles. The van der Waals surface area contributed by atoms with Crippen LogP contribution in [0.3, 0.4) is 0 Å². The maximum absolute atomic E-state index is 11.0. The highest BCUT2D eigenvalue weighted by atomic mass is 79.9. The van der Waals surface area contributed by atoms with Crippen LogP contribution < -0.4 is 4.90 Å². The van der Waals surface area contributed by atoms with Crippen molar-refractivity contribution >= 4 is 27.6 Å². The summed E-state index contributed by atoms with van der Waals surface area (Å²) in [6.07, 6.45) is 0. The number of carboxylic acid groups (broad SMARTS) is 1. The zero-order valence-corrected chi connectivity index (χ0v) is 12.0. The molecular formula is C14H14BrNO3. The van der Waals surface area contributed by atoms with Crippen molar-refractivity contribution in [3.05, 3.63) is 52.9 Å². The number of anilines is 1. The number of hydrogen-bond acceptors (Lipinski definition) is 3. The smallest absolute Gasteiger partial charge is 0.323 e. The number of benzene rings is 1. The van der Waals surface area contributed by atoms with E-state index in [1.54, 1.807) is 11.0 Å². The van der Waals surface area contributed by atoms with E-state index in [0.717, 1.165) is 11.4 Å². The van der Waals surface area contributed by atoms with Crippen LogP contribution in [0.25, 0.3) is 0 Å². The summed E-state index contributed by atoms with van der Waals surface area (Å²) in [6.45, 7) is 1.84. The molecule has 4 nitrogen and oxygen atoms in total. The summed E-state index contributed by atoms with van der Waals surface area (Å²) in [5.74, 6) is -0.154. The van der Waals surface area contributed by atoms with Crippen LogP contribution in [-0.2, 0) is 4.79 Å². The van der Waals surface area contributed by atoms with Crippen molar-refractivity contribution in [1.82, 2.24) is 0 Å². The monoisotopic (exact) mass is 323 g/mol. The topological polar surface area (TPSA) is 53.7 Å². The van der Waals surface area contributed by atoms with Gasteiger partial charge in [-0.25, -0.2) is 0 Å². The lowest BCUT2D eigenvalue weighted by Crippen LogP contribution is -2.32. The Morgan fingerprint density at radius 2 is 2.00 bits per heavy atom. The summed E-state index contributed by atoms with van der Waals surface area (Å²) < 4.78 is 6.15. The molecule has 100 valence electrons. The van der Waals surface area contributed by atoms with E-state index in [2.05, 4.69) is 15.9 Å². The van der Waals surface area contributed by atoms with Gasteiger partial charge in [-0.3, -0.25) is 4.79 Å². The van der Waals surface area contributed by atoms with E-state index < -0.39 is 5.97 Å². The Bertz CT molecular complexity index is 553. The molecule has 1 atom stereocenters. The third-order valence-electron chi connectivity index (χ3n) is 2.87. The molecule has 2 rings (SSSR count). The molecule has 1 aromatic carbocycles. The lowest BCUT2D eigenvalue weighted by atomic mass is 10.2. The first-order chi connectivity index (χ1) is 9.08. The van der Waals surface area contributed by atoms with Gasteiger partial charge in [0.05, 0.1) is 6.04 Å². The number of nitrogens with zero attached hydrogens (tertiary/aromatic N) is 1. The average molecular weight is 324 g/mol. The van der Waals surface area contributed by atoms with Gasteiger partial charge in [-0.2, -0.15) is 0 Å². The van der Waals surface area contributed by atoms with E-state index in [4.69, 9.17) is 9.52 Å². The molecule has 5 heteroatoms. The summed E-state index contributed by atoms with van der Waals surface area (Å²) in [4.78, 5) is 12.8. The number of aliphatic carboxylic acids is 1. The SMILES string of the molecule is CC(c1ccc(Br)o1)N(CC(=O)O)c1ccccc1. The van der Waals surface area contributed by atoms with Gasteiger partial charge in [0.15, 0.2) is 4.67 Å². The minimum Gasteiger partial charge on any atom is -0.480 e. The van der Waals surface area contributed by atoms with Gasteiger partial charge in [0.2, 0.25) is 0 Å². The summed E-state index contributed by atoms with van der Waals surface area (Å²) in [6, 6.07) is 12.9. The number of halogens is 1. The molecule has 0 aliphatic heterocycles. The molecule has 0 amide bonds. The summed E-state index contributed by atoms with van der Waals surface area (Å²) in [7, 11) is 0. The average Bonchev–Trinajstić information content (AvgIpc) is 2.83. The van der Waals surface area contributed by atoms with Gasteiger partial charge in [-0.05, 0) is 47.1 Å². The van der Waals surface area contributed by atoms with Gasteiger partial charge in [-0.15, -0.1) is 0 Å². The minimum atomic E-state index is -0.874. The van der Waals surface area contributed by atoms with E-state index in [1.807, 2.05) is 43.3 Å². The van der Waals surface area contributed by atoms with Crippen LogP contribution in [0.4, 0.5) is 5.69 Å². The van der Waals surface area contributed by atoms with E-state index in [1.165, 1.54) is 0 Å². The molecule has 0 aliphatic carbocycles. The van der Waals surface area contributed by atoms with Crippen LogP contribution in [0, 0.1) is 0 Å². The molecule has 1 heterocycles. The molecule has 1 N–H and O–H groups in total. The Hall–Kier alpha value is -1.75. The minimum absolute atomic E-state index is 0.0799. The Morgan fingerprint density at radius 3 is 2.53 bits per heavy atom. The molecule has 0 saturated carbocycles. The van der Waals surface area contributed by atoms with Crippen molar-refractivity contribution in [2.75, 3.05) is 11.4 Å². The van der Waals surface area contributed by atoms with Crippen LogP contribution >= 0.6 is 15.9 Å². The lowest BCUT2D eigenvalue weighted by Gasteiger charge is -2.28. The van der Waals surface area contributed by atoms with Crippen molar-refractivity contribution in [1.29, 1.82) is 0 Å². The Morgan fingerprint density at radius 1 is 1.32 bits per heavy atom. The second-order valence-corrected chi connectivity index (χ2v) is 4.96. The summed E-state index contributed by atoms with van der Waals surface area (Å²) >= 11 is 3.26. The second kappa shape index (κ2) is 5.93. The number of hydrogen-bond donors (Lipinski definition) is 1. The van der Waals surface area contributed by atoms with Crippen LogP contribution in [-0.4, -0.2) is 17.6 Å². The Labute approximate surface area is 119 Å². The Balaban J connectivity index is 2.30. The van der Waals surface area contributed by atoms with Gasteiger partial charge in [-0.1, -0.05) is 18.2 Å². The molecular weight excluding hydrogens is 310 g/mol. The molecule has 19 heavy (non-hydrogen) atoms. The fraction of sp³-hybridized carbons (Fsp3) is 0.214. The van der Waals surface area contributed by atoms with Crippen molar-refractivity contribution in [3.8, 4) is 0 Å². The van der Waals surface area contributed by atoms with Crippen LogP contribution in [0.1, 0.15) is 18.7 Å². The molecule has 0 radical (unpaired) electrons. The van der Waals surface area contributed by atoms with Gasteiger partial charge in [0, 0.05) is 5.69 Å². The number of carbonyl (C=O) groups is 1. The molecule has 0 aliphatic rings. The standard InChI is InChI=1S/C14H14BrNO3/c1-10(12-7-8-13(15)19-12)16(9-14(17)18)11-5-3-2-4-6-11/h2-8,10H,9H2,1H3,(H,17,18). The Kier molecular flexibility index (Phi) is 4.27.